The number of thiophene rings is 1. The first kappa shape index (κ1) is 14.6. The molecule has 0 saturated carbocycles. The topological polar surface area (TPSA) is 72.4 Å². The van der Waals surface area contributed by atoms with Gasteiger partial charge in [0.1, 0.15) is 10.3 Å². The SMILES string of the molecule is Cc1ccnc(C2CN(S(=O)(=O)c3cccs3)CCO2)n1. The van der Waals surface area contributed by atoms with E-state index >= 15 is 0 Å². The normalized spacial score (nSPS) is 20.5. The third-order valence-corrected chi connectivity index (χ3v) is 6.46. The molecule has 112 valence electrons. The number of aryl methyl sites for hydroxylation is 1. The molecule has 0 spiro atoms. The van der Waals surface area contributed by atoms with Crippen molar-refractivity contribution >= 4 is 21.4 Å². The molecule has 1 unspecified atom stereocenters. The summed E-state index contributed by atoms with van der Waals surface area (Å²) in [4.78, 5) is 8.51. The van der Waals surface area contributed by atoms with Crippen LogP contribution in [0.4, 0.5) is 0 Å². The highest BCUT2D eigenvalue weighted by atomic mass is 32.2. The Morgan fingerprint density at radius 3 is 3.00 bits per heavy atom. The largest absolute Gasteiger partial charge is 0.367 e. The summed E-state index contributed by atoms with van der Waals surface area (Å²) in [5.41, 5.74) is 0.835. The van der Waals surface area contributed by atoms with E-state index in [0.29, 0.717) is 23.2 Å². The Kier molecular flexibility index (Phi) is 4.03. The van der Waals surface area contributed by atoms with Crippen molar-refractivity contribution < 1.29 is 13.2 Å². The molecule has 6 nitrogen and oxygen atoms in total. The van der Waals surface area contributed by atoms with Crippen LogP contribution >= 0.6 is 11.3 Å². The molecule has 1 fully saturated rings. The van der Waals surface area contributed by atoms with Gasteiger partial charge in [-0.05, 0) is 24.4 Å². The van der Waals surface area contributed by atoms with Crippen LogP contribution in [0.15, 0.2) is 34.0 Å². The summed E-state index contributed by atoms with van der Waals surface area (Å²) >= 11 is 1.22. The molecule has 0 radical (unpaired) electrons. The molecule has 21 heavy (non-hydrogen) atoms. The number of rotatable bonds is 3. The van der Waals surface area contributed by atoms with Crippen LogP contribution < -0.4 is 0 Å². The zero-order valence-corrected chi connectivity index (χ0v) is 13.1. The van der Waals surface area contributed by atoms with Crippen molar-refractivity contribution in [1.29, 1.82) is 0 Å². The van der Waals surface area contributed by atoms with Gasteiger partial charge in [0, 0.05) is 25.0 Å². The van der Waals surface area contributed by atoms with Crippen LogP contribution in [0.2, 0.25) is 0 Å². The summed E-state index contributed by atoms with van der Waals surface area (Å²) < 4.78 is 32.5. The lowest BCUT2D eigenvalue weighted by Crippen LogP contribution is -2.42. The van der Waals surface area contributed by atoms with E-state index in [1.54, 1.807) is 29.8 Å². The smallest absolute Gasteiger partial charge is 0.252 e. The molecule has 3 rings (SSSR count). The first-order valence-electron chi connectivity index (χ1n) is 6.52. The summed E-state index contributed by atoms with van der Waals surface area (Å²) in [7, 11) is -3.45. The predicted octanol–water partition coefficient (Wildman–Crippen LogP) is 1.61. The molecule has 2 aromatic heterocycles. The third kappa shape index (κ3) is 2.98. The lowest BCUT2D eigenvalue weighted by molar-refractivity contribution is -0.00756. The van der Waals surface area contributed by atoms with Crippen molar-refractivity contribution in [2.24, 2.45) is 0 Å². The molecular weight excluding hydrogens is 310 g/mol. The van der Waals surface area contributed by atoms with Crippen molar-refractivity contribution in [2.75, 3.05) is 19.7 Å². The monoisotopic (exact) mass is 325 g/mol. The summed E-state index contributed by atoms with van der Waals surface area (Å²) in [5, 5.41) is 1.76. The van der Waals surface area contributed by atoms with Crippen molar-refractivity contribution in [3.05, 3.63) is 41.3 Å². The minimum Gasteiger partial charge on any atom is -0.367 e. The highest BCUT2D eigenvalue weighted by Crippen LogP contribution is 2.26. The van der Waals surface area contributed by atoms with Gasteiger partial charge >= 0.3 is 0 Å². The fraction of sp³-hybridized carbons (Fsp3) is 0.385. The lowest BCUT2D eigenvalue weighted by Gasteiger charge is -2.31. The fourth-order valence-corrected chi connectivity index (χ4v) is 4.73. The van der Waals surface area contributed by atoms with Crippen LogP contribution in [-0.2, 0) is 14.8 Å². The molecule has 1 saturated heterocycles. The summed E-state index contributed by atoms with van der Waals surface area (Å²) in [6.45, 7) is 2.80. The Balaban J connectivity index is 1.83. The predicted molar refractivity (Wildman–Crippen MR) is 78.5 cm³/mol. The highest BCUT2D eigenvalue weighted by molar-refractivity contribution is 7.91. The van der Waals surface area contributed by atoms with Gasteiger partial charge in [0.15, 0.2) is 5.82 Å². The summed E-state index contributed by atoms with van der Waals surface area (Å²) in [6, 6.07) is 5.15. The van der Waals surface area contributed by atoms with Crippen LogP contribution in [0.25, 0.3) is 0 Å². The zero-order chi connectivity index (χ0) is 14.9. The number of ether oxygens (including phenoxy) is 1. The Morgan fingerprint density at radius 2 is 2.29 bits per heavy atom. The quantitative estimate of drug-likeness (QED) is 0.857. The molecule has 0 bridgehead atoms. The Bertz CT molecular complexity index is 716. The average molecular weight is 325 g/mol. The van der Waals surface area contributed by atoms with Gasteiger partial charge in [-0.2, -0.15) is 4.31 Å². The van der Waals surface area contributed by atoms with E-state index in [0.717, 1.165) is 5.69 Å². The lowest BCUT2D eigenvalue weighted by atomic mass is 10.3. The van der Waals surface area contributed by atoms with E-state index in [9.17, 15) is 8.42 Å². The zero-order valence-electron chi connectivity index (χ0n) is 11.5. The molecule has 1 aliphatic rings. The molecule has 2 aromatic rings. The molecular formula is C13H15N3O3S2. The van der Waals surface area contributed by atoms with Crippen LogP contribution in [0.1, 0.15) is 17.6 Å². The fourth-order valence-electron chi connectivity index (χ4n) is 2.16. The van der Waals surface area contributed by atoms with Gasteiger partial charge in [-0.1, -0.05) is 6.07 Å². The standard InChI is InChI=1S/C13H15N3O3S2/c1-10-4-5-14-13(15-10)11-9-16(6-7-19-11)21(17,18)12-3-2-8-20-12/h2-5,8,11H,6-7,9H2,1H3. The van der Waals surface area contributed by atoms with Crippen molar-refractivity contribution in [1.82, 2.24) is 14.3 Å². The first-order valence-corrected chi connectivity index (χ1v) is 8.84. The molecule has 0 aliphatic carbocycles. The van der Waals surface area contributed by atoms with Gasteiger partial charge in [-0.3, -0.25) is 0 Å². The van der Waals surface area contributed by atoms with Crippen molar-refractivity contribution in [3.63, 3.8) is 0 Å². The van der Waals surface area contributed by atoms with E-state index in [2.05, 4.69) is 9.97 Å². The van der Waals surface area contributed by atoms with E-state index < -0.39 is 16.1 Å². The van der Waals surface area contributed by atoms with Gasteiger partial charge in [0.2, 0.25) is 0 Å². The summed E-state index contributed by atoms with van der Waals surface area (Å²) in [5.74, 6) is 0.529. The Morgan fingerprint density at radius 1 is 1.43 bits per heavy atom. The van der Waals surface area contributed by atoms with Crippen LogP contribution in [0, 0.1) is 6.92 Å². The molecule has 0 amide bonds. The second-order valence-electron chi connectivity index (χ2n) is 4.71. The molecule has 8 heteroatoms. The molecule has 0 N–H and O–H groups in total. The van der Waals surface area contributed by atoms with Crippen LogP contribution in [0.5, 0.6) is 0 Å². The molecule has 3 heterocycles. The van der Waals surface area contributed by atoms with E-state index in [4.69, 9.17) is 4.74 Å². The van der Waals surface area contributed by atoms with Gasteiger partial charge in [0.25, 0.3) is 10.0 Å². The molecule has 0 aromatic carbocycles. The molecule has 1 atom stereocenters. The second-order valence-corrected chi connectivity index (χ2v) is 7.82. The third-order valence-electron chi connectivity index (χ3n) is 3.22. The maximum absolute atomic E-state index is 12.5. The number of aromatic nitrogens is 2. The second kappa shape index (κ2) is 5.80. The van der Waals surface area contributed by atoms with Gasteiger partial charge in [-0.25, -0.2) is 18.4 Å². The van der Waals surface area contributed by atoms with Crippen LogP contribution in [0.3, 0.4) is 0 Å². The van der Waals surface area contributed by atoms with E-state index in [1.807, 2.05) is 6.92 Å². The minimum absolute atomic E-state index is 0.240. The number of hydrogen-bond donors (Lipinski definition) is 0. The van der Waals surface area contributed by atoms with Gasteiger partial charge < -0.3 is 4.74 Å². The number of nitrogens with zero attached hydrogens (tertiary/aromatic N) is 3. The maximum Gasteiger partial charge on any atom is 0.252 e. The maximum atomic E-state index is 12.5. The van der Waals surface area contributed by atoms with Gasteiger partial charge in [-0.15, -0.1) is 11.3 Å². The number of hydrogen-bond acceptors (Lipinski definition) is 6. The van der Waals surface area contributed by atoms with Crippen molar-refractivity contribution in [3.8, 4) is 0 Å². The Hall–Kier alpha value is -1.35. The number of sulfonamides is 1. The highest BCUT2D eigenvalue weighted by Gasteiger charge is 2.33. The number of morpholine rings is 1. The average Bonchev–Trinajstić information content (AvgIpc) is 3.02. The first-order chi connectivity index (χ1) is 10.1. The molecule has 1 aliphatic heterocycles. The summed E-state index contributed by atoms with van der Waals surface area (Å²) in [6.07, 6.45) is 1.24. The van der Waals surface area contributed by atoms with Gasteiger partial charge in [0.05, 0.1) is 6.61 Å². The van der Waals surface area contributed by atoms with E-state index in [-0.39, 0.29) is 6.54 Å². The van der Waals surface area contributed by atoms with Crippen molar-refractivity contribution in [2.45, 2.75) is 17.2 Å². The Labute approximate surface area is 127 Å². The van der Waals surface area contributed by atoms with Crippen LogP contribution in [-0.4, -0.2) is 42.4 Å². The van der Waals surface area contributed by atoms with E-state index in [1.165, 1.54) is 15.6 Å². The minimum atomic E-state index is -3.45.